The van der Waals surface area contributed by atoms with Crippen molar-refractivity contribution in [3.05, 3.63) is 200 Å². The van der Waals surface area contributed by atoms with Crippen molar-refractivity contribution < 1.29 is 0 Å². The highest BCUT2D eigenvalue weighted by Gasteiger charge is 2.24. The molecule has 0 radical (unpaired) electrons. The Kier molecular flexibility index (Phi) is 8.74. The Bertz CT molecular complexity index is 2870. The first-order valence-electron chi connectivity index (χ1n) is 19.1. The van der Waals surface area contributed by atoms with Gasteiger partial charge in [0.15, 0.2) is 11.6 Å². The Hall–Kier alpha value is -6.75. The molecule has 1 aliphatic rings. The molecule has 266 valence electrons. The second-order valence-corrected chi connectivity index (χ2v) is 15.6. The summed E-state index contributed by atoms with van der Waals surface area (Å²) in [6, 6.07) is 60.8. The molecule has 2 aromatic heterocycles. The summed E-state index contributed by atoms with van der Waals surface area (Å²) in [5.74, 6) is 2.48. The molecule has 0 saturated heterocycles. The minimum Gasteiger partial charge on any atom is -0.212 e. The summed E-state index contributed by atoms with van der Waals surface area (Å²) in [6.45, 7) is 2.23. The van der Waals surface area contributed by atoms with E-state index in [1.807, 2.05) is 29.5 Å². The number of benzene rings is 7. The van der Waals surface area contributed by atoms with E-state index in [-0.39, 0.29) is 11.8 Å². The standard InChI is InChI=1S/C52H37N3S/c1-34-16-11-12-25-44(34)51-53-50(37-21-9-4-10-22-37)54-52(55-51)46-32-43(33-48-49(46)45-26-13-14-27-47(45)56-48)39-24-15-23-38(28-39)42-30-40(35-17-5-2-6-18-35)29-41(31-42)36-19-7-3-8-20-36/h2-34,44H,1H3. The average Bonchev–Trinajstić information content (AvgIpc) is 3.65. The van der Waals surface area contributed by atoms with Gasteiger partial charge in [0.25, 0.3) is 0 Å². The van der Waals surface area contributed by atoms with E-state index in [2.05, 4.69) is 183 Å². The normalized spacial score (nSPS) is 15.1. The van der Waals surface area contributed by atoms with Crippen LogP contribution in [-0.4, -0.2) is 15.0 Å². The first kappa shape index (κ1) is 33.8. The molecule has 2 heterocycles. The molecule has 0 spiro atoms. The third kappa shape index (κ3) is 6.44. The summed E-state index contributed by atoms with van der Waals surface area (Å²) in [7, 11) is 0. The van der Waals surface area contributed by atoms with Crippen molar-refractivity contribution in [2.75, 3.05) is 0 Å². The largest absolute Gasteiger partial charge is 0.212 e. The Balaban J connectivity index is 1.16. The van der Waals surface area contributed by atoms with Gasteiger partial charge in [-0.2, -0.15) is 0 Å². The van der Waals surface area contributed by atoms with Crippen molar-refractivity contribution in [1.29, 1.82) is 0 Å². The number of fused-ring (bicyclic) bond motifs is 3. The van der Waals surface area contributed by atoms with Gasteiger partial charge in [0.1, 0.15) is 5.82 Å². The number of hydrogen-bond donors (Lipinski definition) is 0. The third-order valence-corrected chi connectivity index (χ3v) is 11.9. The highest BCUT2D eigenvalue weighted by atomic mass is 32.1. The van der Waals surface area contributed by atoms with Crippen LogP contribution in [0, 0.1) is 5.92 Å². The van der Waals surface area contributed by atoms with Gasteiger partial charge in [-0.15, -0.1) is 11.3 Å². The van der Waals surface area contributed by atoms with E-state index in [0.717, 1.165) is 33.6 Å². The van der Waals surface area contributed by atoms with Crippen LogP contribution in [0.1, 0.15) is 18.7 Å². The maximum Gasteiger partial charge on any atom is 0.164 e. The highest BCUT2D eigenvalue weighted by molar-refractivity contribution is 7.26. The summed E-state index contributed by atoms with van der Waals surface area (Å²) in [5, 5.41) is 2.39. The number of nitrogens with zero attached hydrogens (tertiary/aromatic N) is 3. The van der Waals surface area contributed by atoms with Crippen molar-refractivity contribution in [1.82, 2.24) is 15.0 Å². The molecule has 0 amide bonds. The van der Waals surface area contributed by atoms with Crippen molar-refractivity contribution in [2.45, 2.75) is 12.8 Å². The fraction of sp³-hybridized carbons (Fsp3) is 0.0577. The summed E-state index contributed by atoms with van der Waals surface area (Å²) in [6.07, 6.45) is 8.66. The molecule has 3 nitrogen and oxygen atoms in total. The maximum absolute atomic E-state index is 5.31. The predicted molar refractivity (Wildman–Crippen MR) is 236 cm³/mol. The van der Waals surface area contributed by atoms with Gasteiger partial charge in [0, 0.05) is 37.2 Å². The lowest BCUT2D eigenvalue weighted by Gasteiger charge is -2.20. The lowest BCUT2D eigenvalue weighted by atomic mass is 9.89. The van der Waals surface area contributed by atoms with Gasteiger partial charge in [-0.3, -0.25) is 0 Å². The van der Waals surface area contributed by atoms with Gasteiger partial charge < -0.3 is 0 Å². The van der Waals surface area contributed by atoms with Gasteiger partial charge in [0.2, 0.25) is 0 Å². The minimum absolute atomic E-state index is 0.0474. The number of allylic oxidation sites excluding steroid dienone is 4. The molecule has 0 N–H and O–H groups in total. The molecule has 7 aromatic carbocycles. The Morgan fingerprint density at radius 3 is 1.59 bits per heavy atom. The van der Waals surface area contributed by atoms with Crippen LogP contribution in [0.25, 0.3) is 87.5 Å². The van der Waals surface area contributed by atoms with Gasteiger partial charge in [0.05, 0.1) is 0 Å². The molecular weight excluding hydrogens is 699 g/mol. The zero-order chi connectivity index (χ0) is 37.4. The molecule has 4 heteroatoms. The molecule has 1 aliphatic carbocycles. The Morgan fingerprint density at radius 1 is 0.411 bits per heavy atom. The summed E-state index contributed by atoms with van der Waals surface area (Å²) in [4.78, 5) is 15.7. The van der Waals surface area contributed by atoms with Crippen molar-refractivity contribution >= 4 is 31.5 Å². The topological polar surface area (TPSA) is 38.7 Å². The Labute approximate surface area is 331 Å². The quantitative estimate of drug-likeness (QED) is 0.164. The molecule has 9 aromatic rings. The maximum atomic E-state index is 5.31. The first-order chi connectivity index (χ1) is 27.6. The van der Waals surface area contributed by atoms with E-state index in [1.54, 1.807) is 0 Å². The van der Waals surface area contributed by atoms with Gasteiger partial charge in [-0.05, 0) is 92.9 Å². The van der Waals surface area contributed by atoms with Crippen LogP contribution >= 0.6 is 11.3 Å². The van der Waals surface area contributed by atoms with Crippen LogP contribution in [0.5, 0.6) is 0 Å². The molecule has 56 heavy (non-hydrogen) atoms. The zero-order valence-electron chi connectivity index (χ0n) is 30.9. The van der Waals surface area contributed by atoms with Crippen LogP contribution in [-0.2, 0) is 0 Å². The molecular formula is C52H37N3S. The van der Waals surface area contributed by atoms with Crippen LogP contribution in [0.15, 0.2) is 194 Å². The third-order valence-electron chi connectivity index (χ3n) is 10.8. The van der Waals surface area contributed by atoms with E-state index in [4.69, 9.17) is 15.0 Å². The fourth-order valence-corrected chi connectivity index (χ4v) is 9.05. The summed E-state index contributed by atoms with van der Waals surface area (Å²) < 4.78 is 2.45. The molecule has 10 rings (SSSR count). The van der Waals surface area contributed by atoms with Gasteiger partial charge >= 0.3 is 0 Å². The lowest BCUT2D eigenvalue weighted by molar-refractivity contribution is 0.600. The molecule has 0 fully saturated rings. The summed E-state index contributed by atoms with van der Waals surface area (Å²) in [5.41, 5.74) is 11.4. The van der Waals surface area contributed by atoms with E-state index in [1.165, 1.54) is 48.0 Å². The second-order valence-electron chi connectivity index (χ2n) is 14.5. The molecule has 0 saturated carbocycles. The number of thiophene rings is 1. The monoisotopic (exact) mass is 735 g/mol. The van der Waals surface area contributed by atoms with Crippen molar-refractivity contribution in [3.63, 3.8) is 0 Å². The van der Waals surface area contributed by atoms with Crippen molar-refractivity contribution in [2.24, 2.45) is 5.92 Å². The van der Waals surface area contributed by atoms with E-state index < -0.39 is 0 Å². The minimum atomic E-state index is 0.0474. The van der Waals surface area contributed by atoms with Crippen molar-refractivity contribution in [3.8, 4) is 67.3 Å². The van der Waals surface area contributed by atoms with E-state index in [0.29, 0.717) is 11.6 Å². The molecule has 0 aliphatic heterocycles. The van der Waals surface area contributed by atoms with Crippen LogP contribution in [0.2, 0.25) is 0 Å². The molecule has 0 bridgehead atoms. The van der Waals surface area contributed by atoms with Crippen LogP contribution in [0.3, 0.4) is 0 Å². The number of rotatable bonds is 7. The molecule has 2 atom stereocenters. The Morgan fingerprint density at radius 2 is 0.929 bits per heavy atom. The molecule has 2 unspecified atom stereocenters. The predicted octanol–water partition coefficient (Wildman–Crippen LogP) is 14.1. The lowest BCUT2D eigenvalue weighted by Crippen LogP contribution is -2.13. The SMILES string of the molecule is CC1C=CC=CC1c1nc(-c2ccccc2)nc(-c2cc(-c3cccc(-c4cc(-c5ccccc5)cc(-c5ccccc5)c4)c3)cc3sc4ccccc4c23)n1. The average molecular weight is 736 g/mol. The fourth-order valence-electron chi connectivity index (χ4n) is 7.88. The van der Waals surface area contributed by atoms with Gasteiger partial charge in [-0.25, -0.2) is 15.0 Å². The highest BCUT2D eigenvalue weighted by Crippen LogP contribution is 2.43. The van der Waals surface area contributed by atoms with Gasteiger partial charge in [-0.1, -0.05) is 159 Å². The van der Waals surface area contributed by atoms with Crippen LogP contribution in [0.4, 0.5) is 0 Å². The smallest absolute Gasteiger partial charge is 0.164 e. The zero-order valence-corrected chi connectivity index (χ0v) is 31.7. The number of aromatic nitrogens is 3. The van der Waals surface area contributed by atoms with Crippen LogP contribution < -0.4 is 0 Å². The first-order valence-corrected chi connectivity index (χ1v) is 19.9. The van der Waals surface area contributed by atoms with E-state index in [9.17, 15) is 0 Å². The number of hydrogen-bond acceptors (Lipinski definition) is 4. The summed E-state index contributed by atoms with van der Waals surface area (Å²) >= 11 is 1.82. The second kappa shape index (κ2) is 14.5. The van der Waals surface area contributed by atoms with E-state index >= 15 is 0 Å².